The third-order valence-corrected chi connectivity index (χ3v) is 12.4. The molecule has 0 amide bonds. The minimum atomic E-state index is -1.28. The summed E-state index contributed by atoms with van der Waals surface area (Å²) in [5.41, 5.74) is 3.67. The number of fused-ring (bicyclic) bond motifs is 1. The molecule has 1 unspecified atom stereocenters. The van der Waals surface area contributed by atoms with Crippen molar-refractivity contribution in [1.29, 1.82) is 0 Å². The summed E-state index contributed by atoms with van der Waals surface area (Å²) >= 11 is 0. The molecule has 6 aromatic rings. The maximum Gasteiger partial charge on any atom is 0.139 e. The molecule has 324 valence electrons. The van der Waals surface area contributed by atoms with E-state index in [1.54, 1.807) is 52.6 Å². The van der Waals surface area contributed by atoms with Crippen LogP contribution in [0.15, 0.2) is 79.3 Å². The van der Waals surface area contributed by atoms with Crippen LogP contribution in [-0.2, 0) is 40.9 Å². The standard InChI is InChI=1S/C45H57N9O6S/c1-11-45(12-2,51-61(55)44(3,4)5)33-17-18-46-42(23-33)50-41-22-32-21-37(38-27-48-52-54(38)19-20-56-6)49-43(36(32)26-47-41)53(28-30-13-15-34(57-7)24-39(30)59-9)29-31-14-16-35(58-8)25-40(31)60-10/h13-18,21-27,51H,11-12,19-20,28-29H2,1-10H3,(H,46,47,50). The number of methoxy groups -OCH3 is 5. The molecule has 0 saturated carbocycles. The quantitative estimate of drug-likeness (QED) is 0.0762. The van der Waals surface area contributed by atoms with Gasteiger partial charge in [-0.25, -0.2) is 28.6 Å². The Hall–Kier alpha value is -5.84. The second kappa shape index (κ2) is 19.7. The normalized spacial score (nSPS) is 12.3. The molecule has 1 atom stereocenters. The molecule has 0 saturated heterocycles. The van der Waals surface area contributed by atoms with Crippen molar-refractivity contribution in [2.45, 2.75) is 77.4 Å². The Balaban J connectivity index is 1.49. The number of rotatable bonds is 20. The topological polar surface area (TPSA) is 160 Å². The molecule has 0 bridgehead atoms. The Morgan fingerprint density at radius 2 is 1.41 bits per heavy atom. The molecule has 4 heterocycles. The van der Waals surface area contributed by atoms with Crippen LogP contribution in [0.25, 0.3) is 22.2 Å². The van der Waals surface area contributed by atoms with Gasteiger partial charge in [0.1, 0.15) is 46.1 Å². The molecule has 2 aromatic carbocycles. The van der Waals surface area contributed by atoms with Crippen LogP contribution >= 0.6 is 0 Å². The number of nitrogens with zero attached hydrogens (tertiary/aromatic N) is 7. The number of benzene rings is 2. The average molecular weight is 852 g/mol. The lowest BCUT2D eigenvalue weighted by atomic mass is 9.86. The summed E-state index contributed by atoms with van der Waals surface area (Å²) in [6.45, 7) is 11.8. The molecule has 0 fully saturated rings. The molecule has 2 N–H and O–H groups in total. The number of hydrogen-bond donors (Lipinski definition) is 2. The maximum absolute atomic E-state index is 13.4. The number of ether oxygens (including phenoxy) is 5. The van der Waals surface area contributed by atoms with Gasteiger partial charge in [0.05, 0.1) is 74.8 Å². The van der Waals surface area contributed by atoms with Gasteiger partial charge >= 0.3 is 0 Å². The average Bonchev–Trinajstić information content (AvgIpc) is 3.75. The highest BCUT2D eigenvalue weighted by Gasteiger charge is 2.34. The zero-order valence-corrected chi connectivity index (χ0v) is 37.6. The van der Waals surface area contributed by atoms with Gasteiger partial charge in [-0.3, -0.25) is 0 Å². The second-order valence-electron chi connectivity index (χ2n) is 15.5. The molecular formula is C45H57N9O6S. The van der Waals surface area contributed by atoms with Crippen LogP contribution in [-0.4, -0.2) is 81.1 Å². The van der Waals surface area contributed by atoms with Gasteiger partial charge in [0.25, 0.3) is 0 Å². The summed E-state index contributed by atoms with van der Waals surface area (Å²) in [6.07, 6.45) is 6.78. The Labute approximate surface area is 360 Å². The summed E-state index contributed by atoms with van der Waals surface area (Å²) in [5.74, 6) is 4.55. The fourth-order valence-corrected chi connectivity index (χ4v) is 8.14. The number of anilines is 3. The summed E-state index contributed by atoms with van der Waals surface area (Å²) < 4.78 is 46.4. The number of hydrogen-bond acceptors (Lipinski definition) is 13. The first kappa shape index (κ1) is 44.7. The molecule has 0 aliphatic carbocycles. The van der Waals surface area contributed by atoms with Crippen molar-refractivity contribution in [3.8, 4) is 34.4 Å². The molecule has 0 aliphatic heterocycles. The van der Waals surface area contributed by atoms with Crippen molar-refractivity contribution >= 4 is 39.2 Å². The van der Waals surface area contributed by atoms with Crippen molar-refractivity contribution < 1.29 is 27.9 Å². The van der Waals surface area contributed by atoms with Gasteiger partial charge in [-0.15, -0.1) is 5.10 Å². The Bertz CT molecular complexity index is 2390. The van der Waals surface area contributed by atoms with Crippen molar-refractivity contribution in [3.63, 3.8) is 0 Å². The van der Waals surface area contributed by atoms with Crippen molar-refractivity contribution in [3.05, 3.63) is 95.9 Å². The first-order chi connectivity index (χ1) is 29.4. The summed E-state index contributed by atoms with van der Waals surface area (Å²) in [7, 11) is 6.93. The minimum absolute atomic E-state index is 0.399. The van der Waals surface area contributed by atoms with Crippen LogP contribution in [0, 0.1) is 0 Å². The van der Waals surface area contributed by atoms with Crippen LogP contribution in [0.3, 0.4) is 0 Å². The second-order valence-corrected chi connectivity index (χ2v) is 17.5. The maximum atomic E-state index is 13.4. The predicted molar refractivity (Wildman–Crippen MR) is 240 cm³/mol. The van der Waals surface area contributed by atoms with Crippen LogP contribution in [0.4, 0.5) is 17.5 Å². The molecule has 0 radical (unpaired) electrons. The Morgan fingerprint density at radius 3 is 1.98 bits per heavy atom. The van der Waals surface area contributed by atoms with E-state index in [2.05, 4.69) is 44.1 Å². The summed E-state index contributed by atoms with van der Waals surface area (Å²) in [6, 6.07) is 19.6. The monoisotopic (exact) mass is 851 g/mol. The van der Waals surface area contributed by atoms with Crippen molar-refractivity contribution in [1.82, 2.24) is 34.7 Å². The van der Waals surface area contributed by atoms with E-state index in [4.69, 9.17) is 33.7 Å². The van der Waals surface area contributed by atoms with E-state index < -0.39 is 21.3 Å². The first-order valence-corrected chi connectivity index (χ1v) is 21.3. The zero-order chi connectivity index (χ0) is 43.7. The van der Waals surface area contributed by atoms with Gasteiger partial charge in [0.15, 0.2) is 0 Å². The van der Waals surface area contributed by atoms with Gasteiger partial charge in [0.2, 0.25) is 0 Å². The van der Waals surface area contributed by atoms with Crippen molar-refractivity contribution in [2.75, 3.05) is 52.4 Å². The van der Waals surface area contributed by atoms with Crippen LogP contribution in [0.1, 0.15) is 64.2 Å². The Kier molecular flexibility index (Phi) is 14.4. The van der Waals surface area contributed by atoms with E-state index in [1.165, 1.54) is 0 Å². The summed E-state index contributed by atoms with van der Waals surface area (Å²) in [5, 5.41) is 13.7. The van der Waals surface area contributed by atoms with Crippen LogP contribution < -0.4 is 33.9 Å². The highest BCUT2D eigenvalue weighted by molar-refractivity contribution is 7.84. The molecule has 15 nitrogen and oxygen atoms in total. The fraction of sp³-hybridized carbons (Fsp3) is 0.400. The van der Waals surface area contributed by atoms with Crippen LogP contribution in [0.5, 0.6) is 23.0 Å². The van der Waals surface area contributed by atoms with Gasteiger partial charge < -0.3 is 33.9 Å². The fourth-order valence-electron chi connectivity index (χ4n) is 7.07. The molecular weight excluding hydrogens is 795 g/mol. The smallest absolute Gasteiger partial charge is 0.139 e. The largest absolute Gasteiger partial charge is 0.497 e. The first-order valence-electron chi connectivity index (χ1n) is 20.2. The predicted octanol–water partition coefficient (Wildman–Crippen LogP) is 7.98. The lowest BCUT2D eigenvalue weighted by Gasteiger charge is -2.35. The van der Waals surface area contributed by atoms with Crippen LogP contribution in [0.2, 0.25) is 0 Å². The lowest BCUT2D eigenvalue weighted by Crippen LogP contribution is -2.47. The number of pyridine rings is 3. The van der Waals surface area contributed by atoms with Gasteiger partial charge in [-0.1, -0.05) is 19.1 Å². The van der Waals surface area contributed by atoms with E-state index in [9.17, 15) is 4.21 Å². The third-order valence-electron chi connectivity index (χ3n) is 10.7. The lowest BCUT2D eigenvalue weighted by molar-refractivity contribution is 0.183. The third kappa shape index (κ3) is 10.2. The van der Waals surface area contributed by atoms with E-state index >= 15 is 0 Å². The van der Waals surface area contributed by atoms with Gasteiger partial charge in [-0.2, -0.15) is 0 Å². The van der Waals surface area contributed by atoms with E-state index in [0.29, 0.717) is 72.4 Å². The zero-order valence-electron chi connectivity index (χ0n) is 36.7. The SMILES string of the molecule is CCC(CC)(NS(=O)C(C)(C)C)c1ccnc(Nc2cc3cc(-c4cnnn4CCOC)nc(N(Cc4ccc(OC)cc4OC)Cc4ccc(OC)cc4OC)c3cn2)c1. The molecule has 4 aromatic heterocycles. The van der Waals surface area contributed by atoms with E-state index in [1.807, 2.05) is 87.6 Å². The highest BCUT2D eigenvalue weighted by Crippen LogP contribution is 2.37. The Morgan fingerprint density at radius 1 is 0.770 bits per heavy atom. The number of nitrogens with one attached hydrogen (secondary N) is 2. The highest BCUT2D eigenvalue weighted by atomic mass is 32.2. The molecule has 16 heteroatoms. The molecule has 6 rings (SSSR count). The van der Waals surface area contributed by atoms with E-state index in [-0.39, 0.29) is 0 Å². The summed E-state index contributed by atoms with van der Waals surface area (Å²) in [4.78, 5) is 17.1. The molecule has 61 heavy (non-hydrogen) atoms. The van der Waals surface area contributed by atoms with Gasteiger partial charge in [-0.05, 0) is 93.1 Å². The molecule has 0 spiro atoms. The van der Waals surface area contributed by atoms with E-state index in [0.717, 1.165) is 46.0 Å². The van der Waals surface area contributed by atoms with Gasteiger partial charge in [0, 0.05) is 61.2 Å². The number of aromatic nitrogens is 6. The molecule has 0 aliphatic rings. The van der Waals surface area contributed by atoms with Crippen molar-refractivity contribution in [2.24, 2.45) is 0 Å². The minimum Gasteiger partial charge on any atom is -0.497 e.